The fraction of sp³-hybridized carbons (Fsp3) is 0.214. The third kappa shape index (κ3) is 4.34. The molecule has 0 saturated heterocycles. The highest BCUT2D eigenvalue weighted by molar-refractivity contribution is 5.89. The molecule has 7 nitrogen and oxygen atoms in total. The number of carboxylic acid groups (broad SMARTS) is 1. The molecular formula is C14H16N4O3. The molecule has 7 heteroatoms. The molecule has 0 unspecified atom stereocenters. The number of nitrogens with one attached hydrogen (secondary N) is 2. The number of amides is 2. The lowest BCUT2D eigenvalue weighted by Gasteiger charge is -2.08. The Labute approximate surface area is 121 Å². The van der Waals surface area contributed by atoms with E-state index >= 15 is 0 Å². The molecule has 3 N–H and O–H groups in total. The average Bonchev–Trinajstić information content (AvgIpc) is 2.84. The quantitative estimate of drug-likeness (QED) is 0.774. The van der Waals surface area contributed by atoms with Crippen LogP contribution in [0.4, 0.5) is 10.5 Å². The molecule has 0 aliphatic heterocycles. The zero-order valence-electron chi connectivity index (χ0n) is 11.5. The lowest BCUT2D eigenvalue weighted by molar-refractivity contribution is -0.136. The van der Waals surface area contributed by atoms with Crippen molar-refractivity contribution in [3.05, 3.63) is 47.8 Å². The second-order valence-electron chi connectivity index (χ2n) is 4.52. The van der Waals surface area contributed by atoms with E-state index in [1.807, 2.05) is 6.07 Å². The lowest BCUT2D eigenvalue weighted by atomic mass is 10.1. The number of anilines is 1. The molecule has 0 spiro atoms. The monoisotopic (exact) mass is 288 g/mol. The molecule has 21 heavy (non-hydrogen) atoms. The van der Waals surface area contributed by atoms with Crippen LogP contribution < -0.4 is 10.6 Å². The Bertz CT molecular complexity index is 634. The van der Waals surface area contributed by atoms with Crippen LogP contribution in [0, 0.1) is 0 Å². The van der Waals surface area contributed by atoms with Crippen LogP contribution in [-0.4, -0.2) is 26.9 Å². The summed E-state index contributed by atoms with van der Waals surface area (Å²) < 4.78 is 1.68. The summed E-state index contributed by atoms with van der Waals surface area (Å²) in [7, 11) is 1.80. The van der Waals surface area contributed by atoms with Gasteiger partial charge in [0.05, 0.1) is 18.7 Å². The number of aliphatic carboxylic acids is 1. The second-order valence-corrected chi connectivity index (χ2v) is 4.52. The number of carbonyl (C=O) groups excluding carboxylic acids is 1. The van der Waals surface area contributed by atoms with Crippen LogP contribution in [0.3, 0.4) is 0 Å². The SMILES string of the molecule is Cn1nccc1CNC(=O)Nc1ccc(CC(=O)O)cc1. The van der Waals surface area contributed by atoms with Crippen molar-refractivity contribution in [1.82, 2.24) is 15.1 Å². The minimum Gasteiger partial charge on any atom is -0.481 e. The zero-order valence-corrected chi connectivity index (χ0v) is 11.5. The van der Waals surface area contributed by atoms with Crippen LogP contribution >= 0.6 is 0 Å². The van der Waals surface area contributed by atoms with Gasteiger partial charge in [-0.3, -0.25) is 9.48 Å². The minimum atomic E-state index is -0.885. The number of hydrogen-bond donors (Lipinski definition) is 3. The summed E-state index contributed by atoms with van der Waals surface area (Å²) in [6.07, 6.45) is 1.63. The molecule has 0 bridgehead atoms. The van der Waals surface area contributed by atoms with Crippen LogP contribution in [-0.2, 0) is 24.8 Å². The first-order chi connectivity index (χ1) is 10.0. The van der Waals surface area contributed by atoms with Gasteiger partial charge in [0.15, 0.2) is 0 Å². The highest BCUT2D eigenvalue weighted by Crippen LogP contribution is 2.10. The standard InChI is InChI=1S/C14H16N4O3/c1-18-12(6-7-16-18)9-15-14(21)17-11-4-2-10(3-5-11)8-13(19)20/h2-7H,8-9H2,1H3,(H,19,20)(H2,15,17,21). The molecule has 0 aliphatic rings. The molecule has 2 aromatic rings. The van der Waals surface area contributed by atoms with Gasteiger partial charge in [-0.15, -0.1) is 0 Å². The highest BCUT2D eigenvalue weighted by Gasteiger charge is 2.05. The fourth-order valence-corrected chi connectivity index (χ4v) is 1.80. The van der Waals surface area contributed by atoms with Gasteiger partial charge in [0.1, 0.15) is 0 Å². The van der Waals surface area contributed by atoms with E-state index in [9.17, 15) is 9.59 Å². The number of aromatic nitrogens is 2. The zero-order chi connectivity index (χ0) is 15.2. The third-order valence-electron chi connectivity index (χ3n) is 2.92. The van der Waals surface area contributed by atoms with E-state index < -0.39 is 5.97 Å². The third-order valence-corrected chi connectivity index (χ3v) is 2.92. The van der Waals surface area contributed by atoms with E-state index in [0.29, 0.717) is 17.8 Å². The van der Waals surface area contributed by atoms with E-state index in [4.69, 9.17) is 5.11 Å². The highest BCUT2D eigenvalue weighted by atomic mass is 16.4. The number of urea groups is 1. The first-order valence-corrected chi connectivity index (χ1v) is 6.37. The summed E-state index contributed by atoms with van der Waals surface area (Å²) in [6.45, 7) is 0.374. The van der Waals surface area contributed by atoms with Gasteiger partial charge in [0.25, 0.3) is 0 Å². The molecule has 0 saturated carbocycles. The average molecular weight is 288 g/mol. The summed E-state index contributed by atoms with van der Waals surface area (Å²) in [6, 6.07) is 8.17. The van der Waals surface area contributed by atoms with Crippen molar-refractivity contribution in [3.8, 4) is 0 Å². The van der Waals surface area contributed by atoms with Crippen LogP contribution in [0.2, 0.25) is 0 Å². The van der Waals surface area contributed by atoms with Gasteiger partial charge in [-0.05, 0) is 23.8 Å². The number of aryl methyl sites for hydroxylation is 1. The Morgan fingerprint density at radius 2 is 1.95 bits per heavy atom. The van der Waals surface area contributed by atoms with Gasteiger partial charge in [-0.25, -0.2) is 4.79 Å². The Kier molecular flexibility index (Phi) is 4.55. The maximum atomic E-state index is 11.7. The van der Waals surface area contributed by atoms with Crippen LogP contribution in [0.1, 0.15) is 11.3 Å². The Balaban J connectivity index is 1.85. The molecule has 0 aliphatic carbocycles. The summed E-state index contributed by atoms with van der Waals surface area (Å²) in [5.41, 5.74) is 2.18. The molecule has 0 radical (unpaired) electrons. The lowest BCUT2D eigenvalue weighted by Crippen LogP contribution is -2.28. The predicted octanol–water partition coefficient (Wildman–Crippen LogP) is 1.37. The van der Waals surface area contributed by atoms with Gasteiger partial charge in [0, 0.05) is 18.9 Å². The fourth-order valence-electron chi connectivity index (χ4n) is 1.80. The minimum absolute atomic E-state index is 0.0348. The van der Waals surface area contributed by atoms with Crippen molar-refractivity contribution in [3.63, 3.8) is 0 Å². The van der Waals surface area contributed by atoms with Crippen molar-refractivity contribution in [2.45, 2.75) is 13.0 Å². The Hall–Kier alpha value is -2.83. The first-order valence-electron chi connectivity index (χ1n) is 6.37. The Morgan fingerprint density at radius 1 is 1.24 bits per heavy atom. The number of nitrogens with zero attached hydrogens (tertiary/aromatic N) is 2. The largest absolute Gasteiger partial charge is 0.481 e. The number of carbonyl (C=O) groups is 2. The van der Waals surface area contributed by atoms with Crippen LogP contribution in [0.15, 0.2) is 36.5 Å². The summed E-state index contributed by atoms with van der Waals surface area (Å²) >= 11 is 0. The summed E-state index contributed by atoms with van der Waals surface area (Å²) in [5.74, 6) is -0.885. The van der Waals surface area contributed by atoms with E-state index in [2.05, 4.69) is 15.7 Å². The van der Waals surface area contributed by atoms with E-state index in [1.54, 1.807) is 42.2 Å². The maximum absolute atomic E-state index is 11.7. The molecule has 0 atom stereocenters. The van der Waals surface area contributed by atoms with Gasteiger partial charge >= 0.3 is 12.0 Å². The van der Waals surface area contributed by atoms with Crippen molar-refractivity contribution in [2.75, 3.05) is 5.32 Å². The molecular weight excluding hydrogens is 272 g/mol. The molecule has 110 valence electrons. The summed E-state index contributed by atoms with van der Waals surface area (Å²) in [4.78, 5) is 22.3. The van der Waals surface area contributed by atoms with Gasteiger partial charge in [-0.2, -0.15) is 5.10 Å². The Morgan fingerprint density at radius 3 is 2.52 bits per heavy atom. The molecule has 2 amide bonds. The molecule has 1 aromatic carbocycles. The number of rotatable bonds is 5. The summed E-state index contributed by atoms with van der Waals surface area (Å²) in [5, 5.41) is 18.1. The van der Waals surface area contributed by atoms with Crippen LogP contribution in [0.5, 0.6) is 0 Å². The van der Waals surface area contributed by atoms with E-state index in [0.717, 1.165) is 5.69 Å². The number of benzene rings is 1. The second kappa shape index (κ2) is 6.56. The van der Waals surface area contributed by atoms with E-state index in [1.165, 1.54) is 0 Å². The van der Waals surface area contributed by atoms with Crippen LogP contribution in [0.25, 0.3) is 0 Å². The van der Waals surface area contributed by atoms with Crippen molar-refractivity contribution in [1.29, 1.82) is 0 Å². The number of hydrogen-bond acceptors (Lipinski definition) is 3. The van der Waals surface area contributed by atoms with Gasteiger partial charge < -0.3 is 15.7 Å². The normalized spacial score (nSPS) is 10.1. The number of carboxylic acids is 1. The van der Waals surface area contributed by atoms with Crippen molar-refractivity contribution < 1.29 is 14.7 Å². The first kappa shape index (κ1) is 14.6. The van der Waals surface area contributed by atoms with Crippen molar-refractivity contribution >= 4 is 17.7 Å². The van der Waals surface area contributed by atoms with Gasteiger partial charge in [-0.1, -0.05) is 12.1 Å². The van der Waals surface area contributed by atoms with Gasteiger partial charge in [0.2, 0.25) is 0 Å². The predicted molar refractivity (Wildman–Crippen MR) is 76.8 cm³/mol. The van der Waals surface area contributed by atoms with Crippen molar-refractivity contribution in [2.24, 2.45) is 7.05 Å². The maximum Gasteiger partial charge on any atom is 0.319 e. The molecule has 2 rings (SSSR count). The van der Waals surface area contributed by atoms with E-state index in [-0.39, 0.29) is 12.5 Å². The molecule has 1 aromatic heterocycles. The molecule has 0 fully saturated rings. The smallest absolute Gasteiger partial charge is 0.319 e. The molecule has 1 heterocycles. The topological polar surface area (TPSA) is 96.3 Å².